The van der Waals surface area contributed by atoms with E-state index in [2.05, 4.69) is 46.9 Å². The van der Waals surface area contributed by atoms with Crippen LogP contribution in [0.1, 0.15) is 69.1 Å². The van der Waals surface area contributed by atoms with Crippen molar-refractivity contribution in [3.05, 3.63) is 15.6 Å². The summed E-state index contributed by atoms with van der Waals surface area (Å²) in [5, 5.41) is 5.02. The predicted molar refractivity (Wildman–Crippen MR) is 90.1 cm³/mol. The fourth-order valence-electron chi connectivity index (χ4n) is 2.95. The third-order valence-corrected chi connectivity index (χ3v) is 6.12. The minimum absolute atomic E-state index is 0.139. The zero-order valence-electron chi connectivity index (χ0n) is 14.3. The molecule has 21 heavy (non-hydrogen) atoms. The number of hydrogen-bond acceptors (Lipinski definition) is 4. The van der Waals surface area contributed by atoms with E-state index in [1.54, 1.807) is 0 Å². The number of thiazole rings is 1. The van der Waals surface area contributed by atoms with E-state index in [1.807, 2.05) is 11.3 Å². The molecular weight excluding hydrogens is 280 g/mol. The van der Waals surface area contributed by atoms with Gasteiger partial charge in [-0.15, -0.1) is 11.3 Å². The Hall–Kier alpha value is -0.450. The molecule has 1 aliphatic heterocycles. The average molecular weight is 311 g/mol. The van der Waals surface area contributed by atoms with Gasteiger partial charge in [0, 0.05) is 35.6 Å². The van der Waals surface area contributed by atoms with Crippen LogP contribution in [0.5, 0.6) is 0 Å². The first kappa shape index (κ1) is 16.9. The minimum Gasteiger partial charge on any atom is -0.381 e. The summed E-state index contributed by atoms with van der Waals surface area (Å²) in [4.78, 5) is 6.17. The molecule has 1 N–H and O–H groups in total. The molecule has 3 nitrogen and oxygen atoms in total. The van der Waals surface area contributed by atoms with Gasteiger partial charge in [-0.3, -0.25) is 0 Å². The normalized spacial score (nSPS) is 20.5. The highest BCUT2D eigenvalue weighted by Crippen LogP contribution is 2.33. The number of aromatic nitrogens is 1. The van der Waals surface area contributed by atoms with E-state index in [0.29, 0.717) is 12.1 Å². The van der Waals surface area contributed by atoms with Crippen LogP contribution in [-0.4, -0.2) is 24.2 Å². The maximum atomic E-state index is 5.46. The molecule has 2 heterocycles. The lowest BCUT2D eigenvalue weighted by molar-refractivity contribution is 0.0547. The Balaban J connectivity index is 2.02. The van der Waals surface area contributed by atoms with Crippen LogP contribution in [-0.2, 0) is 10.2 Å². The van der Waals surface area contributed by atoms with Crippen LogP contribution in [0, 0.1) is 12.8 Å². The third kappa shape index (κ3) is 4.27. The van der Waals surface area contributed by atoms with Crippen LogP contribution in [0.4, 0.5) is 0 Å². The molecule has 1 aromatic heterocycles. The molecule has 0 spiro atoms. The van der Waals surface area contributed by atoms with Crippen molar-refractivity contribution in [2.24, 2.45) is 5.92 Å². The highest BCUT2D eigenvalue weighted by Gasteiger charge is 2.25. The van der Waals surface area contributed by atoms with Gasteiger partial charge in [-0.2, -0.15) is 0 Å². The first-order valence-electron chi connectivity index (χ1n) is 8.10. The van der Waals surface area contributed by atoms with Crippen molar-refractivity contribution in [1.82, 2.24) is 10.3 Å². The SMILES string of the molecule is Cc1nc(C(C)(C)C)sc1C(C)NC(C)C1CCOCC1. The molecule has 4 heteroatoms. The zero-order valence-corrected chi connectivity index (χ0v) is 15.1. The number of ether oxygens (including phenoxy) is 1. The van der Waals surface area contributed by atoms with Crippen molar-refractivity contribution in [2.45, 2.75) is 71.9 Å². The zero-order chi connectivity index (χ0) is 15.6. The Morgan fingerprint density at radius 1 is 1.24 bits per heavy atom. The molecule has 0 aromatic carbocycles. The van der Waals surface area contributed by atoms with Gasteiger partial charge in [-0.05, 0) is 39.5 Å². The Morgan fingerprint density at radius 3 is 2.38 bits per heavy atom. The van der Waals surface area contributed by atoms with Crippen LogP contribution in [0.15, 0.2) is 0 Å². The number of aryl methyl sites for hydroxylation is 1. The maximum Gasteiger partial charge on any atom is 0.0985 e. The smallest absolute Gasteiger partial charge is 0.0985 e. The number of hydrogen-bond donors (Lipinski definition) is 1. The van der Waals surface area contributed by atoms with Crippen LogP contribution in [0.2, 0.25) is 0 Å². The molecule has 1 fully saturated rings. The van der Waals surface area contributed by atoms with Crippen molar-refractivity contribution in [3.63, 3.8) is 0 Å². The van der Waals surface area contributed by atoms with Gasteiger partial charge in [-0.1, -0.05) is 20.8 Å². The summed E-state index contributed by atoms with van der Waals surface area (Å²) >= 11 is 1.86. The van der Waals surface area contributed by atoms with E-state index >= 15 is 0 Å². The fourth-order valence-corrected chi connectivity index (χ4v) is 4.09. The Morgan fingerprint density at radius 2 is 1.86 bits per heavy atom. The second kappa shape index (κ2) is 6.76. The van der Waals surface area contributed by atoms with Crippen molar-refractivity contribution in [2.75, 3.05) is 13.2 Å². The standard InChI is InChI=1S/C17H30N2OS/c1-11(14-7-9-20-10-8-14)18-12(2)15-13(3)19-16(21-15)17(4,5)6/h11-12,14,18H,7-10H2,1-6H3. The molecule has 2 unspecified atom stereocenters. The molecule has 120 valence electrons. The van der Waals surface area contributed by atoms with Crippen molar-refractivity contribution < 1.29 is 4.74 Å². The largest absolute Gasteiger partial charge is 0.381 e. The van der Waals surface area contributed by atoms with Crippen LogP contribution in [0.3, 0.4) is 0 Å². The molecule has 0 amide bonds. The molecule has 2 atom stereocenters. The van der Waals surface area contributed by atoms with Crippen LogP contribution in [0.25, 0.3) is 0 Å². The molecule has 0 aliphatic carbocycles. The molecule has 2 rings (SSSR count). The average Bonchev–Trinajstić information content (AvgIpc) is 2.82. The lowest BCUT2D eigenvalue weighted by atomic mass is 9.92. The van der Waals surface area contributed by atoms with Gasteiger partial charge < -0.3 is 10.1 Å². The van der Waals surface area contributed by atoms with Gasteiger partial charge in [0.05, 0.1) is 10.7 Å². The first-order chi connectivity index (χ1) is 9.79. The van der Waals surface area contributed by atoms with Gasteiger partial charge in [0.25, 0.3) is 0 Å². The Kier molecular flexibility index (Phi) is 5.44. The second-order valence-electron chi connectivity index (χ2n) is 7.35. The topological polar surface area (TPSA) is 34.2 Å². The van der Waals surface area contributed by atoms with Gasteiger partial charge in [0.1, 0.15) is 0 Å². The van der Waals surface area contributed by atoms with E-state index in [9.17, 15) is 0 Å². The summed E-state index contributed by atoms with van der Waals surface area (Å²) in [6.07, 6.45) is 2.35. The quantitative estimate of drug-likeness (QED) is 0.904. The minimum atomic E-state index is 0.139. The molecular formula is C17H30N2OS. The molecule has 0 bridgehead atoms. The summed E-state index contributed by atoms with van der Waals surface area (Å²) in [5.41, 5.74) is 1.32. The van der Waals surface area contributed by atoms with E-state index in [0.717, 1.165) is 19.1 Å². The van der Waals surface area contributed by atoms with E-state index in [4.69, 9.17) is 9.72 Å². The highest BCUT2D eigenvalue weighted by molar-refractivity contribution is 7.12. The van der Waals surface area contributed by atoms with Crippen molar-refractivity contribution >= 4 is 11.3 Å². The van der Waals surface area contributed by atoms with Gasteiger partial charge >= 0.3 is 0 Å². The third-order valence-electron chi connectivity index (χ3n) is 4.35. The summed E-state index contributed by atoms with van der Waals surface area (Å²) < 4.78 is 5.46. The van der Waals surface area contributed by atoms with Crippen molar-refractivity contribution in [3.8, 4) is 0 Å². The second-order valence-corrected chi connectivity index (χ2v) is 8.38. The lowest BCUT2D eigenvalue weighted by Gasteiger charge is -2.30. The molecule has 1 saturated heterocycles. The lowest BCUT2D eigenvalue weighted by Crippen LogP contribution is -2.38. The predicted octanol–water partition coefficient (Wildman–Crippen LogP) is 4.21. The van der Waals surface area contributed by atoms with Gasteiger partial charge in [0.2, 0.25) is 0 Å². The Labute approximate surface area is 133 Å². The van der Waals surface area contributed by atoms with Crippen LogP contribution >= 0.6 is 11.3 Å². The van der Waals surface area contributed by atoms with Gasteiger partial charge in [0.15, 0.2) is 0 Å². The number of nitrogens with zero attached hydrogens (tertiary/aromatic N) is 1. The molecule has 1 aliphatic rings. The monoisotopic (exact) mass is 310 g/mol. The fraction of sp³-hybridized carbons (Fsp3) is 0.824. The highest BCUT2D eigenvalue weighted by atomic mass is 32.1. The van der Waals surface area contributed by atoms with E-state index in [-0.39, 0.29) is 5.41 Å². The molecule has 0 radical (unpaired) electrons. The number of rotatable bonds is 4. The summed E-state index contributed by atoms with van der Waals surface area (Å²) in [6.45, 7) is 15.2. The van der Waals surface area contributed by atoms with Gasteiger partial charge in [-0.25, -0.2) is 4.98 Å². The van der Waals surface area contributed by atoms with Crippen molar-refractivity contribution in [1.29, 1.82) is 0 Å². The summed E-state index contributed by atoms with van der Waals surface area (Å²) in [7, 11) is 0. The maximum absolute atomic E-state index is 5.46. The first-order valence-corrected chi connectivity index (χ1v) is 8.92. The molecule has 1 aromatic rings. The number of nitrogens with one attached hydrogen (secondary N) is 1. The molecule has 0 saturated carbocycles. The van der Waals surface area contributed by atoms with E-state index in [1.165, 1.54) is 28.4 Å². The Bertz CT molecular complexity index is 458. The van der Waals surface area contributed by atoms with E-state index < -0.39 is 0 Å². The summed E-state index contributed by atoms with van der Waals surface area (Å²) in [6, 6.07) is 0.903. The van der Waals surface area contributed by atoms with Crippen LogP contribution < -0.4 is 5.32 Å². The summed E-state index contributed by atoms with van der Waals surface area (Å²) in [5.74, 6) is 0.733.